The Bertz CT molecular complexity index is 875. The van der Waals surface area contributed by atoms with Crippen LogP contribution in [0.25, 0.3) is 11.0 Å². The van der Waals surface area contributed by atoms with E-state index in [9.17, 15) is 5.11 Å². The largest absolute Gasteiger partial charge is 0.491 e. The third-order valence-corrected chi connectivity index (χ3v) is 4.11. The standard InChI is InChI=1S/C21H24N2O2/c1-4-9-16-10-5-8-13-19(16)25-15-14-23-18-12-7-6-11-17(18)22-20(23)21(2,3)24/h4-8,10-13,24H,1,9,14-15H2,2-3H3. The molecule has 0 aliphatic heterocycles. The van der Waals surface area contributed by atoms with E-state index in [1.807, 2.05) is 59.2 Å². The Morgan fingerprint density at radius 2 is 1.88 bits per heavy atom. The van der Waals surface area contributed by atoms with Crippen LogP contribution in [0.3, 0.4) is 0 Å². The number of hydrogen-bond acceptors (Lipinski definition) is 3. The molecule has 0 radical (unpaired) electrons. The highest BCUT2D eigenvalue weighted by Crippen LogP contribution is 2.25. The summed E-state index contributed by atoms with van der Waals surface area (Å²) in [6, 6.07) is 15.9. The summed E-state index contributed by atoms with van der Waals surface area (Å²) in [5, 5.41) is 10.5. The van der Waals surface area contributed by atoms with E-state index in [1.54, 1.807) is 13.8 Å². The van der Waals surface area contributed by atoms with Crippen molar-refractivity contribution in [1.82, 2.24) is 9.55 Å². The zero-order valence-corrected chi connectivity index (χ0v) is 14.8. The number of para-hydroxylation sites is 3. The molecule has 3 aromatic rings. The first-order chi connectivity index (χ1) is 12.0. The highest BCUT2D eigenvalue weighted by Gasteiger charge is 2.24. The molecule has 0 aliphatic rings. The van der Waals surface area contributed by atoms with Crippen LogP contribution in [0.15, 0.2) is 61.2 Å². The molecule has 0 fully saturated rings. The summed E-state index contributed by atoms with van der Waals surface area (Å²) in [7, 11) is 0. The summed E-state index contributed by atoms with van der Waals surface area (Å²) >= 11 is 0. The minimum atomic E-state index is -1.01. The lowest BCUT2D eigenvalue weighted by atomic mass is 10.1. The number of aromatic nitrogens is 2. The quantitative estimate of drug-likeness (QED) is 0.662. The monoisotopic (exact) mass is 336 g/mol. The summed E-state index contributed by atoms with van der Waals surface area (Å²) in [6.45, 7) is 8.42. The number of benzene rings is 2. The van der Waals surface area contributed by atoms with E-state index in [-0.39, 0.29) is 0 Å². The topological polar surface area (TPSA) is 47.3 Å². The van der Waals surface area contributed by atoms with Gasteiger partial charge in [0.1, 0.15) is 23.8 Å². The fraction of sp³-hybridized carbons (Fsp3) is 0.286. The van der Waals surface area contributed by atoms with Crippen LogP contribution in [0.2, 0.25) is 0 Å². The first-order valence-corrected chi connectivity index (χ1v) is 8.50. The van der Waals surface area contributed by atoms with Crippen molar-refractivity contribution in [1.29, 1.82) is 0 Å². The van der Waals surface area contributed by atoms with Gasteiger partial charge in [0.25, 0.3) is 0 Å². The summed E-state index contributed by atoms with van der Waals surface area (Å²) in [5.41, 5.74) is 1.99. The van der Waals surface area contributed by atoms with E-state index in [1.165, 1.54) is 0 Å². The summed E-state index contributed by atoms with van der Waals surface area (Å²) in [5.74, 6) is 1.52. The molecule has 0 atom stereocenters. The van der Waals surface area contributed by atoms with Crippen LogP contribution in [-0.2, 0) is 18.6 Å². The molecule has 1 aromatic heterocycles. The molecule has 130 valence electrons. The Hall–Kier alpha value is -2.59. The van der Waals surface area contributed by atoms with Gasteiger partial charge < -0.3 is 14.4 Å². The van der Waals surface area contributed by atoms with Crippen molar-refractivity contribution >= 4 is 11.0 Å². The molecule has 0 saturated carbocycles. The van der Waals surface area contributed by atoms with E-state index in [0.717, 1.165) is 28.8 Å². The van der Waals surface area contributed by atoms with Crippen molar-refractivity contribution in [2.75, 3.05) is 6.61 Å². The van der Waals surface area contributed by atoms with Crippen molar-refractivity contribution in [3.05, 3.63) is 72.6 Å². The SMILES string of the molecule is C=CCc1ccccc1OCCn1c(C(C)(C)O)nc2ccccc21. The maximum absolute atomic E-state index is 10.5. The molecule has 4 heteroatoms. The van der Waals surface area contributed by atoms with E-state index in [4.69, 9.17) is 4.74 Å². The van der Waals surface area contributed by atoms with Gasteiger partial charge in [-0.2, -0.15) is 0 Å². The molecule has 2 aromatic carbocycles. The fourth-order valence-electron chi connectivity index (χ4n) is 2.98. The molecule has 0 unspecified atom stereocenters. The number of rotatable bonds is 7. The molecule has 0 aliphatic carbocycles. The zero-order chi connectivity index (χ0) is 17.9. The van der Waals surface area contributed by atoms with Crippen molar-refractivity contribution in [2.24, 2.45) is 0 Å². The third-order valence-electron chi connectivity index (χ3n) is 4.11. The average Bonchev–Trinajstić information content (AvgIpc) is 2.96. The molecular formula is C21H24N2O2. The van der Waals surface area contributed by atoms with Crippen LogP contribution >= 0.6 is 0 Å². The second kappa shape index (κ2) is 7.11. The first-order valence-electron chi connectivity index (χ1n) is 8.50. The second-order valence-corrected chi connectivity index (χ2v) is 6.58. The first kappa shape index (κ1) is 17.2. The van der Waals surface area contributed by atoms with Crippen LogP contribution in [0.1, 0.15) is 25.2 Å². The lowest BCUT2D eigenvalue weighted by Crippen LogP contribution is -2.23. The van der Waals surface area contributed by atoms with Gasteiger partial charge in [-0.1, -0.05) is 36.4 Å². The van der Waals surface area contributed by atoms with Crippen LogP contribution < -0.4 is 4.74 Å². The van der Waals surface area contributed by atoms with Gasteiger partial charge in [0.05, 0.1) is 17.6 Å². The Morgan fingerprint density at radius 1 is 1.16 bits per heavy atom. The minimum absolute atomic E-state index is 0.498. The van der Waals surface area contributed by atoms with Gasteiger partial charge in [0.15, 0.2) is 0 Å². The number of aliphatic hydroxyl groups is 1. The lowest BCUT2D eigenvalue weighted by molar-refractivity contribution is 0.0644. The van der Waals surface area contributed by atoms with Gasteiger partial charge in [-0.15, -0.1) is 6.58 Å². The van der Waals surface area contributed by atoms with E-state index in [0.29, 0.717) is 19.0 Å². The van der Waals surface area contributed by atoms with Crippen molar-refractivity contribution in [3.63, 3.8) is 0 Å². The Morgan fingerprint density at radius 3 is 2.64 bits per heavy atom. The van der Waals surface area contributed by atoms with E-state index in [2.05, 4.69) is 11.6 Å². The van der Waals surface area contributed by atoms with Gasteiger partial charge in [0, 0.05) is 0 Å². The highest BCUT2D eigenvalue weighted by molar-refractivity contribution is 5.76. The molecule has 1 N–H and O–H groups in total. The number of allylic oxidation sites excluding steroid dienone is 1. The molecular weight excluding hydrogens is 312 g/mol. The number of hydrogen-bond donors (Lipinski definition) is 1. The van der Waals surface area contributed by atoms with E-state index >= 15 is 0 Å². The maximum Gasteiger partial charge on any atom is 0.141 e. The smallest absolute Gasteiger partial charge is 0.141 e. The number of nitrogens with zero attached hydrogens (tertiary/aromatic N) is 2. The normalized spacial score (nSPS) is 11.6. The Kier molecular flexibility index (Phi) is 4.91. The predicted molar refractivity (Wildman–Crippen MR) is 101 cm³/mol. The number of ether oxygens (including phenoxy) is 1. The Labute approximate surface area is 148 Å². The van der Waals surface area contributed by atoms with Gasteiger partial charge in [-0.05, 0) is 44.0 Å². The van der Waals surface area contributed by atoms with E-state index < -0.39 is 5.60 Å². The molecule has 0 spiro atoms. The lowest BCUT2D eigenvalue weighted by Gasteiger charge is -2.19. The second-order valence-electron chi connectivity index (χ2n) is 6.58. The van der Waals surface area contributed by atoms with Gasteiger partial charge in [0.2, 0.25) is 0 Å². The number of imidazole rings is 1. The highest BCUT2D eigenvalue weighted by atomic mass is 16.5. The predicted octanol–water partition coefficient (Wildman–Crippen LogP) is 4.07. The van der Waals surface area contributed by atoms with Crippen molar-refractivity contribution in [2.45, 2.75) is 32.4 Å². The van der Waals surface area contributed by atoms with Crippen LogP contribution in [-0.4, -0.2) is 21.3 Å². The molecule has 0 bridgehead atoms. The van der Waals surface area contributed by atoms with Gasteiger partial charge >= 0.3 is 0 Å². The Balaban J connectivity index is 1.83. The molecule has 0 saturated heterocycles. The number of fused-ring (bicyclic) bond motifs is 1. The molecule has 4 nitrogen and oxygen atoms in total. The van der Waals surface area contributed by atoms with Gasteiger partial charge in [-0.3, -0.25) is 0 Å². The maximum atomic E-state index is 10.5. The van der Waals surface area contributed by atoms with Crippen LogP contribution in [0, 0.1) is 0 Å². The minimum Gasteiger partial charge on any atom is -0.491 e. The summed E-state index contributed by atoms with van der Waals surface area (Å²) in [4.78, 5) is 4.60. The van der Waals surface area contributed by atoms with Gasteiger partial charge in [-0.25, -0.2) is 4.98 Å². The molecule has 3 rings (SSSR count). The molecule has 1 heterocycles. The summed E-state index contributed by atoms with van der Waals surface area (Å²) in [6.07, 6.45) is 2.65. The van der Waals surface area contributed by atoms with Crippen molar-refractivity contribution in [3.8, 4) is 5.75 Å². The molecule has 0 amide bonds. The fourth-order valence-corrected chi connectivity index (χ4v) is 2.98. The molecule has 25 heavy (non-hydrogen) atoms. The average molecular weight is 336 g/mol. The van der Waals surface area contributed by atoms with Crippen LogP contribution in [0.5, 0.6) is 5.75 Å². The third kappa shape index (κ3) is 3.74. The van der Waals surface area contributed by atoms with Crippen LogP contribution in [0.4, 0.5) is 0 Å². The zero-order valence-electron chi connectivity index (χ0n) is 14.8. The van der Waals surface area contributed by atoms with Crippen molar-refractivity contribution < 1.29 is 9.84 Å². The summed E-state index contributed by atoms with van der Waals surface area (Å²) < 4.78 is 8.03.